The fourth-order valence-electron chi connectivity index (χ4n) is 1.03. The third kappa shape index (κ3) is 4.44. The second kappa shape index (κ2) is 6.43. The minimum absolute atomic E-state index is 0.227. The van der Waals surface area contributed by atoms with Crippen LogP contribution in [0, 0.1) is 0 Å². The molecule has 0 amide bonds. The average Bonchev–Trinajstić information content (AvgIpc) is 2.66. The van der Waals surface area contributed by atoms with Gasteiger partial charge in [-0.25, -0.2) is 0 Å². The van der Waals surface area contributed by atoms with Gasteiger partial charge in [0.1, 0.15) is 0 Å². The zero-order valence-electron chi connectivity index (χ0n) is 8.64. The van der Waals surface area contributed by atoms with Gasteiger partial charge >= 0.3 is 0 Å². The summed E-state index contributed by atoms with van der Waals surface area (Å²) in [5, 5.41) is 10.4. The van der Waals surface area contributed by atoms with Gasteiger partial charge in [0.25, 0.3) is 0 Å². The SMILES string of the molecule is CCC(C)SCC(O)Cc1cncs1. The van der Waals surface area contributed by atoms with E-state index in [9.17, 15) is 5.11 Å². The molecule has 2 unspecified atom stereocenters. The molecule has 0 aliphatic carbocycles. The van der Waals surface area contributed by atoms with Crippen LogP contribution in [-0.2, 0) is 6.42 Å². The third-order valence-corrected chi connectivity index (χ3v) is 4.35. The topological polar surface area (TPSA) is 33.1 Å². The zero-order chi connectivity index (χ0) is 10.4. The summed E-state index contributed by atoms with van der Waals surface area (Å²) in [5.74, 6) is 0.826. The van der Waals surface area contributed by atoms with Crippen LogP contribution in [0.1, 0.15) is 25.1 Å². The van der Waals surface area contributed by atoms with Gasteiger partial charge in [-0.1, -0.05) is 13.8 Å². The molecule has 1 heterocycles. The molecule has 0 aliphatic heterocycles. The van der Waals surface area contributed by atoms with Crippen LogP contribution in [0.4, 0.5) is 0 Å². The van der Waals surface area contributed by atoms with Crippen LogP contribution in [0.3, 0.4) is 0 Å². The molecule has 0 saturated heterocycles. The van der Waals surface area contributed by atoms with Crippen molar-refractivity contribution in [1.29, 1.82) is 0 Å². The molecule has 14 heavy (non-hydrogen) atoms. The fraction of sp³-hybridized carbons (Fsp3) is 0.700. The Morgan fingerprint density at radius 1 is 1.64 bits per heavy atom. The molecule has 0 spiro atoms. The molecule has 1 aromatic heterocycles. The lowest BCUT2D eigenvalue weighted by molar-refractivity contribution is 0.201. The Kier molecular flexibility index (Phi) is 5.52. The van der Waals surface area contributed by atoms with Crippen molar-refractivity contribution < 1.29 is 5.11 Å². The fourth-order valence-corrected chi connectivity index (χ4v) is 2.60. The monoisotopic (exact) mass is 231 g/mol. The molecule has 1 aromatic rings. The van der Waals surface area contributed by atoms with Crippen LogP contribution in [0.2, 0.25) is 0 Å². The van der Waals surface area contributed by atoms with Gasteiger partial charge in [0.05, 0.1) is 11.6 Å². The van der Waals surface area contributed by atoms with Gasteiger partial charge < -0.3 is 5.11 Å². The molecule has 80 valence electrons. The van der Waals surface area contributed by atoms with Gasteiger partial charge in [0, 0.05) is 28.5 Å². The Morgan fingerprint density at radius 2 is 2.43 bits per heavy atom. The summed E-state index contributed by atoms with van der Waals surface area (Å²) in [4.78, 5) is 5.16. The van der Waals surface area contributed by atoms with Crippen molar-refractivity contribution in [3.05, 3.63) is 16.6 Å². The lowest BCUT2D eigenvalue weighted by atomic mass is 10.3. The summed E-state index contributed by atoms with van der Waals surface area (Å²) in [6.07, 6.45) is 3.52. The van der Waals surface area contributed by atoms with Crippen molar-refractivity contribution in [2.45, 2.75) is 38.0 Å². The Balaban J connectivity index is 2.19. The first kappa shape index (κ1) is 12.0. The van der Waals surface area contributed by atoms with Crippen LogP contribution in [-0.4, -0.2) is 27.2 Å². The van der Waals surface area contributed by atoms with E-state index in [0.717, 1.165) is 18.6 Å². The van der Waals surface area contributed by atoms with Gasteiger partial charge in [-0.05, 0) is 6.42 Å². The molecule has 0 aromatic carbocycles. The van der Waals surface area contributed by atoms with Crippen molar-refractivity contribution in [3.63, 3.8) is 0 Å². The summed E-state index contributed by atoms with van der Waals surface area (Å²) in [5.41, 5.74) is 1.81. The highest BCUT2D eigenvalue weighted by Gasteiger charge is 2.08. The maximum Gasteiger partial charge on any atom is 0.0794 e. The van der Waals surface area contributed by atoms with E-state index in [4.69, 9.17) is 0 Å². The average molecular weight is 231 g/mol. The number of thiazole rings is 1. The van der Waals surface area contributed by atoms with Gasteiger partial charge in [-0.2, -0.15) is 11.8 Å². The highest BCUT2D eigenvalue weighted by atomic mass is 32.2. The van der Waals surface area contributed by atoms with Gasteiger partial charge in [-0.15, -0.1) is 11.3 Å². The van der Waals surface area contributed by atoms with Crippen LogP contribution in [0.25, 0.3) is 0 Å². The third-order valence-electron chi connectivity index (χ3n) is 2.07. The van der Waals surface area contributed by atoms with Gasteiger partial charge in [0.2, 0.25) is 0 Å². The molecule has 0 saturated carbocycles. The van der Waals surface area contributed by atoms with E-state index in [-0.39, 0.29) is 6.10 Å². The number of thioether (sulfide) groups is 1. The van der Waals surface area contributed by atoms with Crippen molar-refractivity contribution in [1.82, 2.24) is 4.98 Å². The molecular formula is C10H17NOS2. The highest BCUT2D eigenvalue weighted by Crippen LogP contribution is 2.17. The summed E-state index contributed by atoms with van der Waals surface area (Å²) in [6, 6.07) is 0. The maximum atomic E-state index is 9.72. The normalized spacial score (nSPS) is 15.4. The lowest BCUT2D eigenvalue weighted by Gasteiger charge is -2.12. The number of nitrogens with zero attached hydrogens (tertiary/aromatic N) is 1. The van der Waals surface area contributed by atoms with Crippen molar-refractivity contribution >= 4 is 23.1 Å². The van der Waals surface area contributed by atoms with Crippen molar-refractivity contribution in [3.8, 4) is 0 Å². The van der Waals surface area contributed by atoms with Gasteiger partial charge in [0.15, 0.2) is 0 Å². The Morgan fingerprint density at radius 3 is 3.00 bits per heavy atom. The predicted molar refractivity (Wildman–Crippen MR) is 64.0 cm³/mol. The van der Waals surface area contributed by atoms with Crippen molar-refractivity contribution in [2.24, 2.45) is 0 Å². The molecule has 0 bridgehead atoms. The molecule has 2 atom stereocenters. The largest absolute Gasteiger partial charge is 0.392 e. The Labute approximate surface area is 93.8 Å². The number of rotatable bonds is 6. The molecule has 1 N–H and O–H groups in total. The first-order chi connectivity index (χ1) is 6.72. The van der Waals surface area contributed by atoms with Crippen LogP contribution in [0.5, 0.6) is 0 Å². The summed E-state index contributed by atoms with van der Waals surface area (Å²) >= 11 is 3.45. The minimum Gasteiger partial charge on any atom is -0.392 e. The van der Waals surface area contributed by atoms with Gasteiger partial charge in [-0.3, -0.25) is 4.98 Å². The van der Waals surface area contributed by atoms with E-state index >= 15 is 0 Å². The lowest BCUT2D eigenvalue weighted by Crippen LogP contribution is -2.14. The molecular weight excluding hydrogens is 214 g/mol. The first-order valence-corrected chi connectivity index (χ1v) is 6.82. The number of hydrogen-bond acceptors (Lipinski definition) is 4. The van der Waals surface area contributed by atoms with E-state index in [0.29, 0.717) is 5.25 Å². The maximum absolute atomic E-state index is 9.72. The minimum atomic E-state index is -0.227. The summed E-state index contributed by atoms with van der Waals surface area (Å²) in [6.45, 7) is 4.37. The second-order valence-electron chi connectivity index (χ2n) is 3.38. The smallest absolute Gasteiger partial charge is 0.0794 e. The number of aromatic nitrogens is 1. The Hall–Kier alpha value is -0.0600. The van der Waals surface area contributed by atoms with Crippen LogP contribution in [0.15, 0.2) is 11.7 Å². The quantitative estimate of drug-likeness (QED) is 0.817. The molecule has 1 rings (SSSR count). The molecule has 0 radical (unpaired) electrons. The van der Waals surface area contributed by atoms with E-state index in [1.807, 2.05) is 23.5 Å². The molecule has 4 heteroatoms. The van der Waals surface area contributed by atoms with Crippen LogP contribution >= 0.6 is 23.1 Å². The van der Waals surface area contributed by atoms with E-state index in [1.165, 1.54) is 4.88 Å². The standard InChI is InChI=1S/C10H17NOS2/c1-3-8(2)13-6-9(12)4-10-5-11-7-14-10/h5,7-9,12H,3-4,6H2,1-2H3. The van der Waals surface area contributed by atoms with Crippen molar-refractivity contribution in [2.75, 3.05) is 5.75 Å². The highest BCUT2D eigenvalue weighted by molar-refractivity contribution is 7.99. The molecule has 0 fully saturated rings. The van der Waals surface area contributed by atoms with E-state index < -0.39 is 0 Å². The number of aliphatic hydroxyl groups excluding tert-OH is 1. The summed E-state index contributed by atoms with van der Waals surface area (Å²) < 4.78 is 0. The molecule has 2 nitrogen and oxygen atoms in total. The summed E-state index contributed by atoms with van der Waals surface area (Å²) in [7, 11) is 0. The van der Waals surface area contributed by atoms with Crippen LogP contribution < -0.4 is 0 Å². The van der Waals surface area contributed by atoms with E-state index in [1.54, 1.807) is 11.3 Å². The molecule has 0 aliphatic rings. The van der Waals surface area contributed by atoms with E-state index in [2.05, 4.69) is 18.8 Å². The zero-order valence-corrected chi connectivity index (χ0v) is 10.3. The second-order valence-corrected chi connectivity index (χ2v) is 5.82. The predicted octanol–water partition coefficient (Wildman–Crippen LogP) is 2.58. The number of aliphatic hydroxyl groups is 1. The first-order valence-electron chi connectivity index (χ1n) is 4.89. The number of hydrogen-bond donors (Lipinski definition) is 1. The Bertz CT molecular complexity index is 238.